The molecule has 6 heteroatoms. The summed E-state index contributed by atoms with van der Waals surface area (Å²) in [6, 6.07) is 3.40. The van der Waals surface area contributed by atoms with Gasteiger partial charge < -0.3 is 9.84 Å². The Balaban J connectivity index is 2.55. The van der Waals surface area contributed by atoms with E-state index in [0.717, 1.165) is 5.56 Å². The lowest BCUT2D eigenvalue weighted by Gasteiger charge is -2.16. The molecule has 1 unspecified atom stereocenters. The molecular weight excluding hydrogens is 371 g/mol. The van der Waals surface area contributed by atoms with E-state index in [1.54, 1.807) is 19.2 Å². The first kappa shape index (κ1) is 15.1. The molecule has 2 aromatic rings. The van der Waals surface area contributed by atoms with E-state index in [0.29, 0.717) is 30.7 Å². The first-order valence-electron chi connectivity index (χ1n) is 5.40. The van der Waals surface area contributed by atoms with Crippen molar-refractivity contribution in [2.75, 3.05) is 7.11 Å². The van der Waals surface area contributed by atoms with Crippen LogP contribution in [0.4, 0.5) is 0 Å². The first-order valence-corrected chi connectivity index (χ1v) is 7.83. The molecule has 0 spiro atoms. The molecule has 0 saturated heterocycles. The molecular formula is C13H11BrCl2O2S. The highest BCUT2D eigenvalue weighted by Crippen LogP contribution is 2.42. The number of hydrogen-bond acceptors (Lipinski definition) is 3. The SMILES string of the molecule is COc1c(Br)cc(Cl)cc1C(O)c1scc(C)c1Cl. The van der Waals surface area contributed by atoms with Crippen LogP contribution in [-0.2, 0) is 0 Å². The third kappa shape index (κ3) is 2.93. The molecule has 1 aromatic heterocycles. The molecule has 0 saturated carbocycles. The molecule has 0 aliphatic heterocycles. The highest BCUT2D eigenvalue weighted by molar-refractivity contribution is 9.10. The summed E-state index contributed by atoms with van der Waals surface area (Å²) in [7, 11) is 1.55. The summed E-state index contributed by atoms with van der Waals surface area (Å²) in [4.78, 5) is 0.687. The van der Waals surface area contributed by atoms with Gasteiger partial charge in [0, 0.05) is 10.6 Å². The zero-order valence-electron chi connectivity index (χ0n) is 10.2. The lowest BCUT2D eigenvalue weighted by molar-refractivity contribution is 0.218. The molecule has 19 heavy (non-hydrogen) atoms. The first-order chi connectivity index (χ1) is 8.95. The Bertz CT molecular complexity index is 613. The molecule has 0 amide bonds. The highest BCUT2D eigenvalue weighted by atomic mass is 79.9. The van der Waals surface area contributed by atoms with E-state index in [1.165, 1.54) is 11.3 Å². The van der Waals surface area contributed by atoms with Gasteiger partial charge in [0.15, 0.2) is 0 Å². The minimum Gasteiger partial charge on any atom is -0.495 e. The van der Waals surface area contributed by atoms with Crippen molar-refractivity contribution in [2.24, 2.45) is 0 Å². The number of aliphatic hydroxyl groups excluding tert-OH is 1. The smallest absolute Gasteiger partial charge is 0.139 e. The summed E-state index contributed by atoms with van der Waals surface area (Å²) in [5.74, 6) is 0.555. The van der Waals surface area contributed by atoms with E-state index in [4.69, 9.17) is 27.9 Å². The molecule has 0 aliphatic rings. The van der Waals surface area contributed by atoms with Crippen LogP contribution < -0.4 is 4.74 Å². The van der Waals surface area contributed by atoms with Crippen LogP contribution in [0.15, 0.2) is 22.0 Å². The summed E-state index contributed by atoms with van der Waals surface area (Å²) in [6.07, 6.45) is -0.865. The molecule has 0 bridgehead atoms. The van der Waals surface area contributed by atoms with Crippen molar-refractivity contribution < 1.29 is 9.84 Å². The van der Waals surface area contributed by atoms with Crippen LogP contribution in [0.3, 0.4) is 0 Å². The van der Waals surface area contributed by atoms with E-state index in [2.05, 4.69) is 15.9 Å². The summed E-state index contributed by atoms with van der Waals surface area (Å²) in [6.45, 7) is 1.90. The van der Waals surface area contributed by atoms with E-state index in [9.17, 15) is 5.11 Å². The predicted octanol–water partition coefficient (Wildman–Crippen LogP) is 5.22. The van der Waals surface area contributed by atoms with Crippen molar-refractivity contribution in [1.82, 2.24) is 0 Å². The maximum Gasteiger partial charge on any atom is 0.139 e. The zero-order chi connectivity index (χ0) is 14.2. The number of hydrogen-bond donors (Lipinski definition) is 1. The molecule has 0 aliphatic carbocycles. The second-order valence-electron chi connectivity index (χ2n) is 4.01. The number of methoxy groups -OCH3 is 1. The van der Waals surface area contributed by atoms with E-state index >= 15 is 0 Å². The highest BCUT2D eigenvalue weighted by Gasteiger charge is 2.22. The third-order valence-electron chi connectivity index (χ3n) is 2.71. The predicted molar refractivity (Wildman–Crippen MR) is 83.8 cm³/mol. The fourth-order valence-corrected chi connectivity index (χ4v) is 4.07. The van der Waals surface area contributed by atoms with Gasteiger partial charge in [-0.05, 0) is 45.9 Å². The van der Waals surface area contributed by atoms with Crippen LogP contribution in [0.2, 0.25) is 10.0 Å². The topological polar surface area (TPSA) is 29.5 Å². The molecule has 1 atom stereocenters. The molecule has 0 fully saturated rings. The van der Waals surface area contributed by atoms with Gasteiger partial charge in [-0.25, -0.2) is 0 Å². The van der Waals surface area contributed by atoms with Crippen LogP contribution >= 0.6 is 50.5 Å². The lowest BCUT2D eigenvalue weighted by Crippen LogP contribution is -2.02. The summed E-state index contributed by atoms with van der Waals surface area (Å²) >= 11 is 17.0. The Morgan fingerprint density at radius 1 is 1.37 bits per heavy atom. The molecule has 1 N–H and O–H groups in total. The second-order valence-corrected chi connectivity index (χ2v) is 6.59. The standard InChI is InChI=1S/C13H11BrCl2O2S/c1-6-5-19-13(10(6)16)11(17)8-3-7(15)4-9(14)12(8)18-2/h3-5,11,17H,1-2H3. The van der Waals surface area contributed by atoms with Gasteiger partial charge in [-0.15, -0.1) is 11.3 Å². The molecule has 0 radical (unpaired) electrons. The molecule has 2 rings (SSSR count). The Labute approximate surface area is 134 Å². The Hall–Kier alpha value is -0.260. The van der Waals surface area contributed by atoms with Crippen LogP contribution in [0.1, 0.15) is 22.1 Å². The molecule has 2 nitrogen and oxygen atoms in total. The van der Waals surface area contributed by atoms with Gasteiger partial charge in [-0.3, -0.25) is 0 Å². The number of halogens is 3. The van der Waals surface area contributed by atoms with Crippen molar-refractivity contribution in [3.63, 3.8) is 0 Å². The summed E-state index contributed by atoms with van der Waals surface area (Å²) in [5.41, 5.74) is 1.53. The largest absolute Gasteiger partial charge is 0.495 e. The van der Waals surface area contributed by atoms with E-state index in [-0.39, 0.29) is 0 Å². The van der Waals surface area contributed by atoms with Crippen molar-refractivity contribution in [1.29, 1.82) is 0 Å². The van der Waals surface area contributed by atoms with Gasteiger partial charge in [-0.2, -0.15) is 0 Å². The van der Waals surface area contributed by atoms with Crippen LogP contribution in [0.5, 0.6) is 5.75 Å². The van der Waals surface area contributed by atoms with Crippen LogP contribution in [0, 0.1) is 6.92 Å². The zero-order valence-corrected chi connectivity index (χ0v) is 14.1. The van der Waals surface area contributed by atoms with Crippen molar-refractivity contribution in [3.8, 4) is 5.75 Å². The van der Waals surface area contributed by atoms with Gasteiger partial charge >= 0.3 is 0 Å². The minimum absolute atomic E-state index is 0.520. The number of thiophene rings is 1. The molecule has 1 heterocycles. The Kier molecular flexibility index (Phi) is 4.79. The third-order valence-corrected chi connectivity index (χ3v) is 5.28. The van der Waals surface area contributed by atoms with Gasteiger partial charge in [0.1, 0.15) is 11.9 Å². The summed E-state index contributed by atoms with van der Waals surface area (Å²) in [5, 5.41) is 13.5. The normalized spacial score (nSPS) is 12.5. The van der Waals surface area contributed by atoms with Crippen molar-refractivity contribution in [3.05, 3.63) is 48.0 Å². The Morgan fingerprint density at radius 2 is 2.05 bits per heavy atom. The quantitative estimate of drug-likeness (QED) is 0.789. The number of aryl methyl sites for hydroxylation is 1. The number of rotatable bonds is 3. The fourth-order valence-electron chi connectivity index (χ4n) is 1.77. The van der Waals surface area contributed by atoms with Crippen LogP contribution in [-0.4, -0.2) is 12.2 Å². The monoisotopic (exact) mass is 380 g/mol. The van der Waals surface area contributed by atoms with Crippen molar-refractivity contribution in [2.45, 2.75) is 13.0 Å². The van der Waals surface area contributed by atoms with Gasteiger partial charge in [-0.1, -0.05) is 23.2 Å². The van der Waals surface area contributed by atoms with Gasteiger partial charge in [0.2, 0.25) is 0 Å². The maximum atomic E-state index is 10.5. The molecule has 1 aromatic carbocycles. The van der Waals surface area contributed by atoms with Gasteiger partial charge in [0.05, 0.1) is 21.5 Å². The fraction of sp³-hybridized carbons (Fsp3) is 0.231. The van der Waals surface area contributed by atoms with E-state index in [1.807, 2.05) is 12.3 Å². The second kappa shape index (κ2) is 6.02. The maximum absolute atomic E-state index is 10.5. The van der Waals surface area contributed by atoms with E-state index < -0.39 is 6.10 Å². The minimum atomic E-state index is -0.865. The molecule has 102 valence electrons. The number of ether oxygens (including phenoxy) is 1. The average Bonchev–Trinajstić information content (AvgIpc) is 2.68. The van der Waals surface area contributed by atoms with Crippen LogP contribution in [0.25, 0.3) is 0 Å². The Morgan fingerprint density at radius 3 is 2.58 bits per heavy atom. The van der Waals surface area contributed by atoms with Gasteiger partial charge in [0.25, 0.3) is 0 Å². The lowest BCUT2D eigenvalue weighted by atomic mass is 10.1. The van der Waals surface area contributed by atoms with Crippen molar-refractivity contribution >= 4 is 50.5 Å². The number of benzene rings is 1. The summed E-state index contributed by atoms with van der Waals surface area (Å²) < 4.78 is 6.01. The number of aliphatic hydroxyl groups is 1. The average molecular weight is 382 g/mol.